The molecule has 0 aromatic rings. The molecular formula is C11H20. The zero-order valence-electron chi connectivity index (χ0n) is 8.44. The summed E-state index contributed by atoms with van der Waals surface area (Å²) in [7, 11) is 0. The van der Waals surface area contributed by atoms with E-state index in [0.29, 0.717) is 0 Å². The molecule has 0 N–H and O–H groups in total. The topological polar surface area (TPSA) is 0 Å². The summed E-state index contributed by atoms with van der Waals surface area (Å²) in [5.41, 5.74) is 3.48. The fourth-order valence-electron chi connectivity index (χ4n) is 0.613. The number of rotatable bonds is 2. The van der Waals surface area contributed by atoms with E-state index in [2.05, 4.69) is 52.5 Å². The SMILES string of the molecule is CC(C)CC=C=CC(C)(C)C. The normalized spacial score (nSPS) is 11.1. The Bertz CT molecular complexity index is 149. The quantitative estimate of drug-likeness (QED) is 0.528. The highest BCUT2D eigenvalue weighted by atomic mass is 14.1. The zero-order chi connectivity index (χ0) is 8.91. The molecule has 0 bridgehead atoms. The van der Waals surface area contributed by atoms with Crippen LogP contribution in [0.1, 0.15) is 41.0 Å². The molecule has 0 heteroatoms. The molecule has 0 saturated heterocycles. The van der Waals surface area contributed by atoms with E-state index >= 15 is 0 Å². The van der Waals surface area contributed by atoms with Gasteiger partial charge in [0.25, 0.3) is 0 Å². The van der Waals surface area contributed by atoms with Gasteiger partial charge in [-0.3, -0.25) is 0 Å². The molecule has 0 heterocycles. The van der Waals surface area contributed by atoms with Crippen molar-refractivity contribution in [2.75, 3.05) is 0 Å². The van der Waals surface area contributed by atoms with Gasteiger partial charge < -0.3 is 0 Å². The second-order valence-electron chi connectivity index (χ2n) is 4.51. The molecule has 0 aromatic carbocycles. The van der Waals surface area contributed by atoms with Crippen molar-refractivity contribution in [2.45, 2.75) is 41.0 Å². The van der Waals surface area contributed by atoms with Crippen LogP contribution in [0.5, 0.6) is 0 Å². The molecule has 0 aliphatic carbocycles. The van der Waals surface area contributed by atoms with Crippen molar-refractivity contribution < 1.29 is 0 Å². The molecule has 64 valence electrons. The number of hydrogen-bond donors (Lipinski definition) is 0. The maximum absolute atomic E-state index is 3.21. The highest BCUT2D eigenvalue weighted by Gasteiger charge is 2.01. The van der Waals surface area contributed by atoms with Crippen LogP contribution >= 0.6 is 0 Å². The highest BCUT2D eigenvalue weighted by Crippen LogP contribution is 2.13. The highest BCUT2D eigenvalue weighted by molar-refractivity contribution is 4.93. The van der Waals surface area contributed by atoms with E-state index in [1.165, 1.54) is 0 Å². The van der Waals surface area contributed by atoms with E-state index in [0.717, 1.165) is 12.3 Å². The molecule has 0 saturated carbocycles. The van der Waals surface area contributed by atoms with Gasteiger partial charge in [-0.2, -0.15) is 0 Å². The van der Waals surface area contributed by atoms with Gasteiger partial charge in [-0.25, -0.2) is 0 Å². The fraction of sp³-hybridized carbons (Fsp3) is 0.727. The summed E-state index contributed by atoms with van der Waals surface area (Å²) in [5, 5.41) is 0. The van der Waals surface area contributed by atoms with Crippen molar-refractivity contribution in [3.05, 3.63) is 17.9 Å². The van der Waals surface area contributed by atoms with E-state index in [1.807, 2.05) is 0 Å². The van der Waals surface area contributed by atoms with Gasteiger partial charge in [-0.1, -0.05) is 34.6 Å². The van der Waals surface area contributed by atoms with Crippen molar-refractivity contribution in [3.8, 4) is 0 Å². The molecule has 0 amide bonds. The molecule has 0 aliphatic rings. The molecule has 0 radical (unpaired) electrons. The van der Waals surface area contributed by atoms with E-state index in [1.54, 1.807) is 0 Å². The zero-order valence-corrected chi connectivity index (χ0v) is 8.44. The summed E-state index contributed by atoms with van der Waals surface area (Å²) < 4.78 is 0. The molecular weight excluding hydrogens is 132 g/mol. The van der Waals surface area contributed by atoms with Crippen LogP contribution in [0.3, 0.4) is 0 Å². The third-order valence-corrected chi connectivity index (χ3v) is 1.22. The monoisotopic (exact) mass is 152 g/mol. The predicted octanol–water partition coefficient (Wildman–Crippen LogP) is 3.79. The van der Waals surface area contributed by atoms with Crippen molar-refractivity contribution in [1.29, 1.82) is 0 Å². The molecule has 0 aromatic heterocycles. The minimum absolute atomic E-state index is 0.271. The van der Waals surface area contributed by atoms with Gasteiger partial charge in [0.2, 0.25) is 0 Å². The first-order valence-corrected chi connectivity index (χ1v) is 4.34. The second kappa shape index (κ2) is 4.41. The van der Waals surface area contributed by atoms with Gasteiger partial charge in [-0.05, 0) is 29.9 Å². The lowest BCUT2D eigenvalue weighted by Crippen LogP contribution is -1.97. The Morgan fingerprint density at radius 2 is 1.82 bits per heavy atom. The van der Waals surface area contributed by atoms with Crippen LogP contribution in [0.2, 0.25) is 0 Å². The Kier molecular flexibility index (Phi) is 4.22. The molecule has 0 atom stereocenters. The van der Waals surface area contributed by atoms with Gasteiger partial charge in [0, 0.05) is 0 Å². The van der Waals surface area contributed by atoms with Crippen molar-refractivity contribution in [2.24, 2.45) is 11.3 Å². The van der Waals surface area contributed by atoms with Crippen LogP contribution in [-0.4, -0.2) is 0 Å². The molecule has 0 fully saturated rings. The third-order valence-electron chi connectivity index (χ3n) is 1.22. The van der Waals surface area contributed by atoms with Crippen LogP contribution in [0.4, 0.5) is 0 Å². The summed E-state index contributed by atoms with van der Waals surface area (Å²) in [6, 6.07) is 0. The van der Waals surface area contributed by atoms with Crippen LogP contribution < -0.4 is 0 Å². The largest absolute Gasteiger partial charge is 0.129 e. The van der Waals surface area contributed by atoms with Crippen molar-refractivity contribution >= 4 is 0 Å². The van der Waals surface area contributed by atoms with E-state index in [-0.39, 0.29) is 5.41 Å². The van der Waals surface area contributed by atoms with Gasteiger partial charge in [0.1, 0.15) is 0 Å². The Balaban J connectivity index is 3.83. The summed E-state index contributed by atoms with van der Waals surface area (Å²) >= 11 is 0. The van der Waals surface area contributed by atoms with Gasteiger partial charge in [-0.15, -0.1) is 5.73 Å². The minimum atomic E-state index is 0.271. The summed E-state index contributed by atoms with van der Waals surface area (Å²) in [6.07, 6.45) is 5.37. The summed E-state index contributed by atoms with van der Waals surface area (Å²) in [4.78, 5) is 0. The number of allylic oxidation sites excluding steroid dienone is 1. The number of hydrogen-bond acceptors (Lipinski definition) is 0. The smallest absolute Gasteiger partial charge is 0.0127 e. The van der Waals surface area contributed by atoms with Gasteiger partial charge in [0.05, 0.1) is 0 Å². The molecule has 0 nitrogen and oxygen atoms in total. The maximum Gasteiger partial charge on any atom is -0.0127 e. The first-order valence-electron chi connectivity index (χ1n) is 4.34. The van der Waals surface area contributed by atoms with Gasteiger partial charge >= 0.3 is 0 Å². The molecule has 11 heavy (non-hydrogen) atoms. The summed E-state index contributed by atoms with van der Waals surface area (Å²) in [6.45, 7) is 11.0. The second-order valence-corrected chi connectivity index (χ2v) is 4.51. The molecule has 0 aliphatic heterocycles. The Labute approximate surface area is 71.0 Å². The lowest BCUT2D eigenvalue weighted by atomic mass is 9.97. The minimum Gasteiger partial charge on any atom is -0.129 e. The molecule has 0 unspecified atom stereocenters. The van der Waals surface area contributed by atoms with Crippen LogP contribution in [0.15, 0.2) is 17.9 Å². The van der Waals surface area contributed by atoms with Crippen LogP contribution in [0.25, 0.3) is 0 Å². The molecule has 0 spiro atoms. The third kappa shape index (κ3) is 9.52. The Morgan fingerprint density at radius 3 is 2.18 bits per heavy atom. The lowest BCUT2D eigenvalue weighted by molar-refractivity contribution is 0.544. The first-order chi connectivity index (χ1) is 4.92. The predicted molar refractivity (Wildman–Crippen MR) is 51.6 cm³/mol. The fourth-order valence-corrected chi connectivity index (χ4v) is 0.613. The van der Waals surface area contributed by atoms with E-state index in [9.17, 15) is 0 Å². The Hall–Kier alpha value is -0.480. The first kappa shape index (κ1) is 10.5. The van der Waals surface area contributed by atoms with Crippen molar-refractivity contribution in [3.63, 3.8) is 0 Å². The van der Waals surface area contributed by atoms with E-state index < -0.39 is 0 Å². The van der Waals surface area contributed by atoms with Crippen molar-refractivity contribution in [1.82, 2.24) is 0 Å². The lowest BCUT2D eigenvalue weighted by Gasteiger charge is -2.08. The summed E-state index contributed by atoms with van der Waals surface area (Å²) in [5.74, 6) is 0.746. The average molecular weight is 152 g/mol. The van der Waals surface area contributed by atoms with Crippen LogP contribution in [0, 0.1) is 11.3 Å². The molecule has 0 rings (SSSR count). The van der Waals surface area contributed by atoms with E-state index in [4.69, 9.17) is 0 Å². The Morgan fingerprint density at radius 1 is 1.27 bits per heavy atom. The average Bonchev–Trinajstić information content (AvgIpc) is 1.78. The van der Waals surface area contributed by atoms with Crippen LogP contribution in [-0.2, 0) is 0 Å². The van der Waals surface area contributed by atoms with Gasteiger partial charge in [0.15, 0.2) is 0 Å². The standard InChI is InChI=1S/C11H20/c1-10(2)8-6-7-9-11(3,4)5/h6,9-10H,8H2,1-5H3. The maximum atomic E-state index is 3.21.